The molecule has 1 atom stereocenters. The molecule has 1 fully saturated rings. The summed E-state index contributed by atoms with van der Waals surface area (Å²) in [6.07, 6.45) is 3.21. The molecule has 4 rings (SSSR count). The molecule has 9 nitrogen and oxygen atoms in total. The van der Waals surface area contributed by atoms with E-state index in [-0.39, 0.29) is 28.9 Å². The molecule has 2 aliphatic heterocycles. The van der Waals surface area contributed by atoms with Gasteiger partial charge >= 0.3 is 0 Å². The predicted octanol–water partition coefficient (Wildman–Crippen LogP) is 1.90. The van der Waals surface area contributed by atoms with Crippen LogP contribution in [0, 0.1) is 0 Å². The van der Waals surface area contributed by atoms with Crippen molar-refractivity contribution < 1.29 is 32.1 Å². The second-order valence-corrected chi connectivity index (χ2v) is 9.57. The summed E-state index contributed by atoms with van der Waals surface area (Å²) >= 11 is 0. The molecular weight excluding hydrogens is 448 g/mol. The van der Waals surface area contributed by atoms with E-state index in [4.69, 9.17) is 4.55 Å². The number of nitrogens with zero attached hydrogens (tertiary/aromatic N) is 1. The third-order valence-electron chi connectivity index (χ3n) is 5.91. The summed E-state index contributed by atoms with van der Waals surface area (Å²) in [5, 5.41) is 2.18. The molecule has 0 radical (unpaired) electrons. The maximum Gasteiger partial charge on any atom is 0.294 e. The molecule has 0 aromatic heterocycles. The average Bonchev–Trinajstić information content (AvgIpc) is 3.01. The number of hydrogen-bond acceptors (Lipinski definition) is 6. The number of carbonyl (C=O) groups is 4. The summed E-state index contributed by atoms with van der Waals surface area (Å²) in [5.74, 6) is -2.09. The van der Waals surface area contributed by atoms with Gasteiger partial charge in [-0.2, -0.15) is 8.42 Å². The third kappa shape index (κ3) is 4.71. The van der Waals surface area contributed by atoms with Gasteiger partial charge in [-0.05, 0) is 67.5 Å². The summed E-state index contributed by atoms with van der Waals surface area (Å²) in [4.78, 5) is 49.9. The zero-order valence-corrected chi connectivity index (χ0v) is 18.4. The molecule has 2 aromatic rings. The van der Waals surface area contributed by atoms with E-state index < -0.39 is 39.8 Å². The molecule has 1 saturated heterocycles. The highest BCUT2D eigenvalue weighted by Crippen LogP contribution is 2.28. The molecule has 2 N–H and O–H groups in total. The summed E-state index contributed by atoms with van der Waals surface area (Å²) in [7, 11) is -4.20. The second kappa shape index (κ2) is 8.87. The van der Waals surface area contributed by atoms with Crippen molar-refractivity contribution >= 4 is 33.7 Å². The Hall–Kier alpha value is -3.37. The molecule has 2 aliphatic rings. The molecule has 4 amide bonds. The van der Waals surface area contributed by atoms with Crippen LogP contribution in [0.4, 0.5) is 0 Å². The van der Waals surface area contributed by atoms with Crippen molar-refractivity contribution in [2.75, 3.05) is 0 Å². The van der Waals surface area contributed by atoms with Gasteiger partial charge in [-0.1, -0.05) is 18.2 Å². The largest absolute Gasteiger partial charge is 0.295 e. The number of aryl methyl sites for hydroxylation is 2. The number of nitrogens with one attached hydrogen (secondary N) is 1. The third-order valence-corrected chi connectivity index (χ3v) is 6.77. The average molecular weight is 471 g/mol. The maximum atomic E-state index is 12.9. The van der Waals surface area contributed by atoms with Crippen molar-refractivity contribution in [3.8, 4) is 0 Å². The molecule has 2 aromatic carbocycles. The fraction of sp³-hybridized carbons (Fsp3) is 0.304. The minimum Gasteiger partial charge on any atom is -0.295 e. The topological polar surface area (TPSA) is 138 Å². The van der Waals surface area contributed by atoms with Crippen LogP contribution in [0.25, 0.3) is 0 Å². The van der Waals surface area contributed by atoms with E-state index in [1.54, 1.807) is 30.3 Å². The smallest absolute Gasteiger partial charge is 0.294 e. The molecule has 33 heavy (non-hydrogen) atoms. The summed E-state index contributed by atoms with van der Waals surface area (Å²) in [6.45, 7) is 0. The molecule has 10 heteroatoms. The van der Waals surface area contributed by atoms with Gasteiger partial charge in [-0.3, -0.25) is 33.9 Å². The van der Waals surface area contributed by atoms with Crippen LogP contribution in [0.1, 0.15) is 57.5 Å². The highest BCUT2D eigenvalue weighted by Gasteiger charge is 2.44. The number of amides is 4. The lowest BCUT2D eigenvalue weighted by Gasteiger charge is -2.27. The number of benzene rings is 2. The lowest BCUT2D eigenvalue weighted by Crippen LogP contribution is -2.54. The van der Waals surface area contributed by atoms with Crippen LogP contribution in [0.15, 0.2) is 47.4 Å². The summed E-state index contributed by atoms with van der Waals surface area (Å²) in [6, 6.07) is 10.1. The van der Waals surface area contributed by atoms with Crippen LogP contribution in [-0.4, -0.2) is 47.5 Å². The number of rotatable bonds is 7. The van der Waals surface area contributed by atoms with E-state index in [9.17, 15) is 27.6 Å². The Morgan fingerprint density at radius 1 is 0.879 bits per heavy atom. The van der Waals surface area contributed by atoms with E-state index in [1.807, 2.05) is 0 Å². The highest BCUT2D eigenvalue weighted by atomic mass is 32.2. The number of unbranched alkanes of at least 4 members (excludes halogenated alkanes) is 1. The van der Waals surface area contributed by atoms with E-state index in [1.165, 1.54) is 12.1 Å². The number of piperidine rings is 1. The lowest BCUT2D eigenvalue weighted by molar-refractivity contribution is -0.136. The van der Waals surface area contributed by atoms with Crippen molar-refractivity contribution in [1.82, 2.24) is 10.2 Å². The molecule has 0 bridgehead atoms. The van der Waals surface area contributed by atoms with Gasteiger partial charge in [0.15, 0.2) is 0 Å². The van der Waals surface area contributed by atoms with E-state index in [0.717, 1.165) is 35.3 Å². The Kier molecular flexibility index (Phi) is 6.13. The second-order valence-electron chi connectivity index (χ2n) is 8.15. The number of hydrogen-bond donors (Lipinski definition) is 2. The Morgan fingerprint density at radius 2 is 1.48 bits per heavy atom. The monoisotopic (exact) mass is 470 g/mol. The van der Waals surface area contributed by atoms with Gasteiger partial charge in [0, 0.05) is 6.42 Å². The summed E-state index contributed by atoms with van der Waals surface area (Å²) in [5.41, 5.74) is 2.36. The maximum absolute atomic E-state index is 12.9. The van der Waals surface area contributed by atoms with Crippen molar-refractivity contribution in [2.45, 2.75) is 49.5 Å². The number of imide groups is 2. The Labute approximate surface area is 190 Å². The molecule has 0 spiro atoms. The Morgan fingerprint density at radius 3 is 2.12 bits per heavy atom. The first-order chi connectivity index (χ1) is 15.6. The fourth-order valence-corrected chi connectivity index (χ4v) is 4.64. The van der Waals surface area contributed by atoms with Crippen LogP contribution in [-0.2, 0) is 32.5 Å². The SMILES string of the molecule is O=C1CCC(N2C(=O)c3ccc(CCCCc4ccc(S(=O)(=O)O)cc4)cc3C2=O)C(=O)N1. The first-order valence-electron chi connectivity index (χ1n) is 10.6. The van der Waals surface area contributed by atoms with Crippen LogP contribution in [0.2, 0.25) is 0 Å². The zero-order valence-electron chi connectivity index (χ0n) is 17.6. The zero-order chi connectivity index (χ0) is 23.8. The van der Waals surface area contributed by atoms with Crippen molar-refractivity contribution in [2.24, 2.45) is 0 Å². The molecular formula is C23H22N2O7S. The first-order valence-corrected chi connectivity index (χ1v) is 12.0. The van der Waals surface area contributed by atoms with Crippen molar-refractivity contribution in [3.05, 3.63) is 64.7 Å². The van der Waals surface area contributed by atoms with Crippen molar-refractivity contribution in [3.63, 3.8) is 0 Å². The molecule has 0 saturated carbocycles. The minimum atomic E-state index is -4.20. The van der Waals surface area contributed by atoms with Crippen LogP contribution in [0.5, 0.6) is 0 Å². The Balaban J connectivity index is 1.36. The van der Waals surface area contributed by atoms with E-state index in [2.05, 4.69) is 5.32 Å². The molecule has 0 aliphatic carbocycles. The highest BCUT2D eigenvalue weighted by molar-refractivity contribution is 7.85. The van der Waals surface area contributed by atoms with Gasteiger partial charge < -0.3 is 0 Å². The Bertz CT molecular complexity index is 1250. The number of carbonyl (C=O) groups excluding carboxylic acids is 4. The van der Waals surface area contributed by atoms with Crippen LogP contribution in [0.3, 0.4) is 0 Å². The standard InChI is InChI=1S/C23H22N2O7S/c26-20-12-11-19(21(27)24-20)25-22(28)17-10-7-15(13-18(17)23(25)29)4-2-1-3-14-5-8-16(9-6-14)33(30,31)32/h5-10,13,19H,1-4,11-12H2,(H,24,26,27)(H,30,31,32). The van der Waals surface area contributed by atoms with Gasteiger partial charge in [-0.15, -0.1) is 0 Å². The quantitative estimate of drug-likeness (QED) is 0.358. The van der Waals surface area contributed by atoms with Gasteiger partial charge in [-0.25, -0.2) is 0 Å². The van der Waals surface area contributed by atoms with Crippen molar-refractivity contribution in [1.29, 1.82) is 0 Å². The summed E-state index contributed by atoms with van der Waals surface area (Å²) < 4.78 is 31.2. The predicted molar refractivity (Wildman–Crippen MR) is 116 cm³/mol. The van der Waals surface area contributed by atoms with Gasteiger partial charge in [0.25, 0.3) is 21.9 Å². The van der Waals surface area contributed by atoms with Crippen LogP contribution >= 0.6 is 0 Å². The fourth-order valence-electron chi connectivity index (χ4n) is 4.16. The van der Waals surface area contributed by atoms with Gasteiger partial charge in [0.2, 0.25) is 11.8 Å². The molecule has 2 heterocycles. The molecule has 1 unspecified atom stereocenters. The van der Waals surface area contributed by atoms with Gasteiger partial charge in [0.05, 0.1) is 16.0 Å². The minimum absolute atomic E-state index is 0.0770. The van der Waals surface area contributed by atoms with Crippen LogP contribution < -0.4 is 5.32 Å². The van der Waals surface area contributed by atoms with E-state index in [0.29, 0.717) is 6.42 Å². The number of fused-ring (bicyclic) bond motifs is 1. The molecule has 172 valence electrons. The first kappa shape index (κ1) is 22.8. The van der Waals surface area contributed by atoms with E-state index >= 15 is 0 Å². The lowest BCUT2D eigenvalue weighted by atomic mass is 10.0. The van der Waals surface area contributed by atoms with Gasteiger partial charge in [0.1, 0.15) is 6.04 Å². The normalized spacial score (nSPS) is 18.5.